The lowest BCUT2D eigenvalue weighted by molar-refractivity contribution is -0.120. The van der Waals surface area contributed by atoms with Crippen molar-refractivity contribution < 1.29 is 13.2 Å². The van der Waals surface area contributed by atoms with Crippen LogP contribution in [-0.4, -0.2) is 31.7 Å². The lowest BCUT2D eigenvalue weighted by atomic mass is 9.98. The van der Waals surface area contributed by atoms with Crippen LogP contribution in [0.25, 0.3) is 0 Å². The fourth-order valence-electron chi connectivity index (χ4n) is 2.98. The average molecular weight is 379 g/mol. The number of hydrogen-bond donors (Lipinski definition) is 1. The van der Waals surface area contributed by atoms with Crippen molar-refractivity contribution in [2.24, 2.45) is 5.92 Å². The highest BCUT2D eigenvalue weighted by Gasteiger charge is 2.33. The Labute approximate surface area is 152 Å². The van der Waals surface area contributed by atoms with E-state index in [1.165, 1.54) is 21.2 Å². The van der Waals surface area contributed by atoms with E-state index in [1.54, 1.807) is 17.5 Å². The standard InChI is InChI=1S/C18H22N2O3S2/c1-13-7-8-16(11-14(13)2)19-18(21)15-5-3-9-20(12-15)25(22,23)17-6-4-10-24-17/h4,6-8,10-11,15H,3,5,9,12H2,1-2H3,(H,19,21)/t15-/m0/s1. The van der Waals surface area contributed by atoms with Crippen LogP contribution in [0.1, 0.15) is 24.0 Å². The van der Waals surface area contributed by atoms with Crippen molar-refractivity contribution in [3.05, 3.63) is 46.8 Å². The molecule has 0 saturated carbocycles. The maximum atomic E-state index is 12.7. The van der Waals surface area contributed by atoms with Gasteiger partial charge in [-0.1, -0.05) is 12.1 Å². The fourth-order valence-corrected chi connectivity index (χ4v) is 5.64. The number of nitrogens with one attached hydrogen (secondary N) is 1. The number of amides is 1. The summed E-state index contributed by atoms with van der Waals surface area (Å²) < 4.78 is 27.1. The molecular formula is C18H22N2O3S2. The largest absolute Gasteiger partial charge is 0.326 e. The van der Waals surface area contributed by atoms with Gasteiger partial charge in [-0.05, 0) is 61.4 Å². The number of hydrogen-bond acceptors (Lipinski definition) is 4. The molecule has 7 heteroatoms. The molecule has 1 aliphatic heterocycles. The fraction of sp³-hybridized carbons (Fsp3) is 0.389. The van der Waals surface area contributed by atoms with Crippen molar-refractivity contribution in [1.82, 2.24) is 4.31 Å². The number of piperidine rings is 1. The molecule has 5 nitrogen and oxygen atoms in total. The Balaban J connectivity index is 1.70. The van der Waals surface area contributed by atoms with E-state index in [1.807, 2.05) is 32.0 Å². The van der Waals surface area contributed by atoms with Gasteiger partial charge in [0.1, 0.15) is 4.21 Å². The van der Waals surface area contributed by atoms with Crippen LogP contribution in [0.2, 0.25) is 0 Å². The summed E-state index contributed by atoms with van der Waals surface area (Å²) in [5, 5.41) is 4.68. The van der Waals surface area contributed by atoms with Gasteiger partial charge < -0.3 is 5.32 Å². The lowest BCUT2D eigenvalue weighted by Crippen LogP contribution is -2.43. The maximum Gasteiger partial charge on any atom is 0.252 e. The first-order valence-corrected chi connectivity index (χ1v) is 10.6. The molecule has 0 unspecified atom stereocenters. The Hall–Kier alpha value is -1.70. The summed E-state index contributed by atoms with van der Waals surface area (Å²) in [5.41, 5.74) is 3.04. The molecule has 1 fully saturated rings. The van der Waals surface area contributed by atoms with E-state index in [2.05, 4.69) is 5.32 Å². The summed E-state index contributed by atoms with van der Waals surface area (Å²) >= 11 is 1.21. The van der Waals surface area contributed by atoms with Gasteiger partial charge in [-0.3, -0.25) is 4.79 Å². The third-order valence-electron chi connectivity index (χ3n) is 4.62. The van der Waals surface area contributed by atoms with Gasteiger partial charge >= 0.3 is 0 Å². The van der Waals surface area contributed by atoms with Crippen LogP contribution in [0.3, 0.4) is 0 Å². The highest BCUT2D eigenvalue weighted by atomic mass is 32.2. The maximum absolute atomic E-state index is 12.7. The van der Waals surface area contributed by atoms with Crippen molar-refractivity contribution in [1.29, 1.82) is 0 Å². The normalized spacial score (nSPS) is 18.9. The van der Waals surface area contributed by atoms with E-state index in [0.717, 1.165) is 11.3 Å². The quantitative estimate of drug-likeness (QED) is 0.887. The molecule has 1 saturated heterocycles. The summed E-state index contributed by atoms with van der Waals surface area (Å²) in [5.74, 6) is -0.445. The molecule has 0 bridgehead atoms. The molecule has 2 heterocycles. The topological polar surface area (TPSA) is 66.5 Å². The summed E-state index contributed by atoms with van der Waals surface area (Å²) in [6, 6.07) is 9.13. The zero-order chi connectivity index (χ0) is 18.0. The molecule has 1 aromatic heterocycles. The Morgan fingerprint density at radius 1 is 1.24 bits per heavy atom. The van der Waals surface area contributed by atoms with Gasteiger partial charge in [0.15, 0.2) is 0 Å². The Bertz CT molecular complexity index is 860. The van der Waals surface area contributed by atoms with Gasteiger partial charge in [-0.15, -0.1) is 11.3 Å². The zero-order valence-electron chi connectivity index (χ0n) is 14.4. The first kappa shape index (κ1) is 18.1. The second-order valence-electron chi connectivity index (χ2n) is 6.42. The Kier molecular flexibility index (Phi) is 5.27. The van der Waals surface area contributed by atoms with Crippen molar-refractivity contribution in [3.8, 4) is 0 Å². The number of benzene rings is 1. The molecule has 2 aromatic rings. The molecule has 25 heavy (non-hydrogen) atoms. The molecule has 0 radical (unpaired) electrons. The van der Waals surface area contributed by atoms with Gasteiger partial charge in [0, 0.05) is 18.8 Å². The van der Waals surface area contributed by atoms with Gasteiger partial charge in [0.25, 0.3) is 10.0 Å². The number of rotatable bonds is 4. The molecule has 3 rings (SSSR count). The predicted molar refractivity (Wildman–Crippen MR) is 100 cm³/mol. The molecule has 1 atom stereocenters. The summed E-state index contributed by atoms with van der Waals surface area (Å²) in [6.07, 6.45) is 1.39. The van der Waals surface area contributed by atoms with Crippen LogP contribution in [0, 0.1) is 19.8 Å². The minimum atomic E-state index is -3.50. The number of aryl methyl sites for hydroxylation is 2. The van der Waals surface area contributed by atoms with Crippen LogP contribution in [-0.2, 0) is 14.8 Å². The molecule has 1 N–H and O–H groups in total. The van der Waals surface area contributed by atoms with E-state index in [-0.39, 0.29) is 18.4 Å². The van der Waals surface area contributed by atoms with Gasteiger partial charge in [0.2, 0.25) is 5.91 Å². The van der Waals surface area contributed by atoms with Crippen LogP contribution in [0.4, 0.5) is 5.69 Å². The highest BCUT2D eigenvalue weighted by Crippen LogP contribution is 2.27. The first-order chi connectivity index (χ1) is 11.9. The molecule has 0 spiro atoms. The SMILES string of the molecule is Cc1ccc(NC(=O)[C@H]2CCCN(S(=O)(=O)c3cccs3)C2)cc1C. The zero-order valence-corrected chi connectivity index (χ0v) is 16.0. The second-order valence-corrected chi connectivity index (χ2v) is 9.54. The van der Waals surface area contributed by atoms with E-state index < -0.39 is 10.0 Å². The van der Waals surface area contributed by atoms with Gasteiger partial charge in [0.05, 0.1) is 5.92 Å². The van der Waals surface area contributed by atoms with Crippen LogP contribution in [0.5, 0.6) is 0 Å². The van der Waals surface area contributed by atoms with Gasteiger partial charge in [-0.2, -0.15) is 4.31 Å². The number of nitrogens with zero attached hydrogens (tertiary/aromatic N) is 1. The predicted octanol–water partition coefficient (Wildman–Crippen LogP) is 3.40. The van der Waals surface area contributed by atoms with E-state index in [0.29, 0.717) is 23.6 Å². The molecule has 1 aromatic carbocycles. The Morgan fingerprint density at radius 2 is 2.04 bits per heavy atom. The van der Waals surface area contributed by atoms with Crippen molar-refractivity contribution in [2.75, 3.05) is 18.4 Å². The first-order valence-electron chi connectivity index (χ1n) is 8.29. The van der Waals surface area contributed by atoms with Crippen molar-refractivity contribution >= 4 is 33.0 Å². The molecule has 134 valence electrons. The third kappa shape index (κ3) is 3.94. The smallest absolute Gasteiger partial charge is 0.252 e. The number of anilines is 1. The molecule has 0 aliphatic carbocycles. The van der Waals surface area contributed by atoms with Crippen LogP contribution in [0.15, 0.2) is 39.9 Å². The van der Waals surface area contributed by atoms with Crippen LogP contribution >= 0.6 is 11.3 Å². The molecule has 1 aliphatic rings. The molecule has 1 amide bonds. The Morgan fingerprint density at radius 3 is 2.72 bits per heavy atom. The van der Waals surface area contributed by atoms with Crippen LogP contribution < -0.4 is 5.32 Å². The van der Waals surface area contributed by atoms with Gasteiger partial charge in [-0.25, -0.2) is 8.42 Å². The third-order valence-corrected chi connectivity index (χ3v) is 7.86. The van der Waals surface area contributed by atoms with E-state index >= 15 is 0 Å². The minimum absolute atomic E-state index is 0.116. The number of sulfonamides is 1. The van der Waals surface area contributed by atoms with E-state index in [4.69, 9.17) is 0 Å². The number of thiophene rings is 1. The van der Waals surface area contributed by atoms with E-state index in [9.17, 15) is 13.2 Å². The highest BCUT2D eigenvalue weighted by molar-refractivity contribution is 7.91. The average Bonchev–Trinajstić information content (AvgIpc) is 3.14. The van der Waals surface area contributed by atoms with Crippen molar-refractivity contribution in [3.63, 3.8) is 0 Å². The van der Waals surface area contributed by atoms with Crippen molar-refractivity contribution in [2.45, 2.75) is 30.9 Å². The minimum Gasteiger partial charge on any atom is -0.326 e. The summed E-state index contributed by atoms with van der Waals surface area (Å²) in [6.45, 7) is 4.72. The monoisotopic (exact) mass is 378 g/mol. The molecular weight excluding hydrogens is 356 g/mol. The number of carbonyl (C=O) groups is 1. The second kappa shape index (κ2) is 7.27. The lowest BCUT2D eigenvalue weighted by Gasteiger charge is -2.30. The summed E-state index contributed by atoms with van der Waals surface area (Å²) in [4.78, 5) is 12.6. The summed E-state index contributed by atoms with van der Waals surface area (Å²) in [7, 11) is -3.50. The number of carbonyl (C=O) groups excluding carboxylic acids is 1.